The van der Waals surface area contributed by atoms with Crippen molar-refractivity contribution in [1.82, 2.24) is 24.9 Å². The monoisotopic (exact) mass is 637 g/mol. The van der Waals surface area contributed by atoms with Crippen molar-refractivity contribution in [1.29, 1.82) is 0 Å². The first kappa shape index (κ1) is 28.2. The van der Waals surface area contributed by atoms with Crippen molar-refractivity contribution >= 4 is 54.5 Å². The van der Waals surface area contributed by atoms with E-state index in [2.05, 4.69) is 130 Å². The van der Waals surface area contributed by atoms with E-state index in [9.17, 15) is 0 Å². The van der Waals surface area contributed by atoms with Crippen molar-refractivity contribution < 1.29 is 0 Å². The normalized spacial score (nSPS) is 11.6. The highest BCUT2D eigenvalue weighted by Crippen LogP contribution is 2.35. The number of rotatable bonds is 4. The van der Waals surface area contributed by atoms with Crippen LogP contribution in [0.25, 0.3) is 99.3 Å². The van der Waals surface area contributed by atoms with Gasteiger partial charge in [-0.25, -0.2) is 9.97 Å². The van der Waals surface area contributed by atoms with E-state index < -0.39 is 0 Å². The molecule has 0 N–H and O–H groups in total. The highest BCUT2D eigenvalue weighted by Gasteiger charge is 2.12. The third-order valence-corrected chi connectivity index (χ3v) is 9.56. The number of benzene rings is 5. The number of para-hydroxylation sites is 1. The molecule has 5 nitrogen and oxygen atoms in total. The van der Waals surface area contributed by atoms with E-state index in [1.54, 1.807) is 0 Å². The van der Waals surface area contributed by atoms with Crippen molar-refractivity contribution in [2.75, 3.05) is 0 Å². The summed E-state index contributed by atoms with van der Waals surface area (Å²) in [6.45, 7) is 0. The van der Waals surface area contributed by atoms with Crippen LogP contribution in [-0.2, 0) is 0 Å². The summed E-state index contributed by atoms with van der Waals surface area (Å²) in [5, 5.41) is 5.47. The maximum Gasteiger partial charge on any atom is 0.0970 e. The first-order valence-electron chi connectivity index (χ1n) is 16.6. The molecule has 0 bridgehead atoms. The van der Waals surface area contributed by atoms with Crippen LogP contribution in [0.4, 0.5) is 0 Å². The molecule has 0 amide bonds. The van der Waals surface area contributed by atoms with Gasteiger partial charge in [0.1, 0.15) is 0 Å². The molecule has 5 aromatic carbocycles. The standard InChI is InChI=1S/C45H27N5/c1-2-8-39-34(5-1)23-36(27-48-39)41-20-18-31-14-16-33(26-43(31)50-41)32-15-13-30-17-19-40(49-42(30)25-32)29-11-9-28(10-12-29)38-24-35-6-3-21-46-44(35)45-37(38)7-4-22-47-45/h1-27H. The zero-order valence-corrected chi connectivity index (χ0v) is 26.8. The summed E-state index contributed by atoms with van der Waals surface area (Å²) in [7, 11) is 0. The quantitative estimate of drug-likeness (QED) is 0.180. The molecule has 0 unspecified atom stereocenters. The highest BCUT2D eigenvalue weighted by molar-refractivity contribution is 6.10. The van der Waals surface area contributed by atoms with Crippen LogP contribution in [0.1, 0.15) is 0 Å². The van der Waals surface area contributed by atoms with Gasteiger partial charge in [-0.05, 0) is 76.9 Å². The molecule has 10 aromatic rings. The summed E-state index contributed by atoms with van der Waals surface area (Å²) in [6, 6.07) is 50.7. The minimum Gasteiger partial charge on any atom is -0.256 e. The Labute approximate surface area is 287 Å². The fourth-order valence-corrected chi connectivity index (χ4v) is 6.96. The molecule has 5 heterocycles. The van der Waals surface area contributed by atoms with Gasteiger partial charge in [-0.1, -0.05) is 91.0 Å². The molecule has 0 fully saturated rings. The fraction of sp³-hybridized carbons (Fsp3) is 0. The van der Waals surface area contributed by atoms with Gasteiger partial charge >= 0.3 is 0 Å². The van der Waals surface area contributed by atoms with Crippen molar-refractivity contribution in [2.45, 2.75) is 0 Å². The average Bonchev–Trinajstić information content (AvgIpc) is 3.19. The number of hydrogen-bond donors (Lipinski definition) is 0. The van der Waals surface area contributed by atoms with Crippen molar-refractivity contribution in [3.8, 4) is 44.8 Å². The topological polar surface area (TPSA) is 64.5 Å². The van der Waals surface area contributed by atoms with Crippen molar-refractivity contribution in [3.05, 3.63) is 164 Å². The number of fused-ring (bicyclic) bond motifs is 6. The maximum atomic E-state index is 5.13. The van der Waals surface area contributed by atoms with Gasteiger partial charge in [0.2, 0.25) is 0 Å². The molecule has 5 heteroatoms. The van der Waals surface area contributed by atoms with Crippen LogP contribution in [0.5, 0.6) is 0 Å². The van der Waals surface area contributed by atoms with Gasteiger partial charge in [-0.15, -0.1) is 0 Å². The van der Waals surface area contributed by atoms with E-state index in [1.165, 1.54) is 0 Å². The highest BCUT2D eigenvalue weighted by atomic mass is 14.7. The lowest BCUT2D eigenvalue weighted by Gasteiger charge is -2.11. The van der Waals surface area contributed by atoms with Crippen LogP contribution in [-0.4, -0.2) is 24.9 Å². The molecule has 0 spiro atoms. The molecule has 0 radical (unpaired) electrons. The zero-order valence-electron chi connectivity index (χ0n) is 26.8. The van der Waals surface area contributed by atoms with E-state index >= 15 is 0 Å². The number of nitrogens with zero attached hydrogens (tertiary/aromatic N) is 5. The van der Waals surface area contributed by atoms with E-state index in [4.69, 9.17) is 9.97 Å². The minimum absolute atomic E-state index is 0.909. The maximum absolute atomic E-state index is 5.13. The summed E-state index contributed by atoms with van der Waals surface area (Å²) >= 11 is 0. The SMILES string of the molecule is c1ccc2ncc(-c3ccc4ccc(-c5ccc6ccc(-c7ccc(-c8cc9cccnc9c9ncccc89)cc7)nc6c5)cc4n3)cc2c1. The first-order chi connectivity index (χ1) is 24.7. The molecule has 232 valence electrons. The summed E-state index contributed by atoms with van der Waals surface area (Å²) in [4.78, 5) is 24.1. The molecule has 0 aliphatic rings. The molecule has 0 saturated heterocycles. The second kappa shape index (κ2) is 11.4. The molecule has 0 saturated carbocycles. The summed E-state index contributed by atoms with van der Waals surface area (Å²) < 4.78 is 0. The van der Waals surface area contributed by atoms with Crippen molar-refractivity contribution in [2.24, 2.45) is 0 Å². The van der Waals surface area contributed by atoms with Crippen molar-refractivity contribution in [3.63, 3.8) is 0 Å². The second-order valence-electron chi connectivity index (χ2n) is 12.6. The Bertz CT molecular complexity index is 2930. The van der Waals surface area contributed by atoms with E-state index in [0.29, 0.717) is 0 Å². The first-order valence-corrected chi connectivity index (χ1v) is 16.6. The number of hydrogen-bond acceptors (Lipinski definition) is 5. The van der Waals surface area contributed by atoms with Gasteiger partial charge in [-0.2, -0.15) is 0 Å². The van der Waals surface area contributed by atoms with Gasteiger partial charge in [0, 0.05) is 56.6 Å². The molecule has 0 atom stereocenters. The molecule has 10 rings (SSSR count). The predicted octanol–water partition coefficient (Wildman–Crippen LogP) is 11.1. The Morgan fingerprint density at radius 2 is 0.940 bits per heavy atom. The third-order valence-electron chi connectivity index (χ3n) is 9.56. The smallest absolute Gasteiger partial charge is 0.0970 e. The minimum atomic E-state index is 0.909. The van der Waals surface area contributed by atoms with E-state index in [1.807, 2.05) is 48.9 Å². The van der Waals surface area contributed by atoms with Gasteiger partial charge in [0.25, 0.3) is 0 Å². The average molecular weight is 638 g/mol. The summed E-state index contributed by atoms with van der Waals surface area (Å²) in [5.74, 6) is 0. The van der Waals surface area contributed by atoms with Crippen LogP contribution in [0.2, 0.25) is 0 Å². The van der Waals surface area contributed by atoms with Gasteiger partial charge in [0.15, 0.2) is 0 Å². The zero-order chi connectivity index (χ0) is 33.0. The molecule has 50 heavy (non-hydrogen) atoms. The van der Waals surface area contributed by atoms with Gasteiger partial charge in [0.05, 0.1) is 39.0 Å². The Kier molecular flexibility index (Phi) is 6.42. The largest absolute Gasteiger partial charge is 0.256 e. The predicted molar refractivity (Wildman–Crippen MR) is 205 cm³/mol. The van der Waals surface area contributed by atoms with Gasteiger partial charge in [-0.3, -0.25) is 15.0 Å². The van der Waals surface area contributed by atoms with Crippen LogP contribution in [0, 0.1) is 0 Å². The van der Waals surface area contributed by atoms with Crippen LogP contribution < -0.4 is 0 Å². The van der Waals surface area contributed by atoms with Crippen LogP contribution in [0.15, 0.2) is 164 Å². The summed E-state index contributed by atoms with van der Waals surface area (Å²) in [6.07, 6.45) is 5.56. The van der Waals surface area contributed by atoms with E-state index in [-0.39, 0.29) is 0 Å². The Morgan fingerprint density at radius 1 is 0.340 bits per heavy atom. The molecule has 5 aromatic heterocycles. The molecule has 0 aliphatic heterocycles. The number of aromatic nitrogens is 5. The lowest BCUT2D eigenvalue weighted by molar-refractivity contribution is 1.35. The lowest BCUT2D eigenvalue weighted by atomic mass is 9.96. The lowest BCUT2D eigenvalue weighted by Crippen LogP contribution is -1.90. The summed E-state index contributed by atoms with van der Waals surface area (Å²) in [5.41, 5.74) is 13.1. The molecule has 0 aliphatic carbocycles. The third kappa shape index (κ3) is 4.83. The molecular weight excluding hydrogens is 611 g/mol. The van der Waals surface area contributed by atoms with Crippen LogP contribution in [0.3, 0.4) is 0 Å². The Balaban J connectivity index is 0.986. The van der Waals surface area contributed by atoms with Gasteiger partial charge < -0.3 is 0 Å². The Hall–Kier alpha value is -6.85. The molecular formula is C45H27N5. The van der Waals surface area contributed by atoms with E-state index in [0.717, 1.165) is 99.3 Å². The fourth-order valence-electron chi connectivity index (χ4n) is 6.96. The number of pyridine rings is 5. The van der Waals surface area contributed by atoms with Crippen LogP contribution >= 0.6 is 0 Å². The Morgan fingerprint density at radius 3 is 1.70 bits per heavy atom. The second-order valence-corrected chi connectivity index (χ2v) is 12.6.